The van der Waals surface area contributed by atoms with Crippen LogP contribution in [0.5, 0.6) is 0 Å². The number of nitrogens with zero attached hydrogens (tertiary/aromatic N) is 2. The molecule has 2 aliphatic rings. The summed E-state index contributed by atoms with van der Waals surface area (Å²) in [6.07, 6.45) is 4.84. The lowest BCUT2D eigenvalue weighted by Crippen LogP contribution is -2.36. The Kier molecular flexibility index (Phi) is 8.09. The fourth-order valence-corrected chi connectivity index (χ4v) is 6.80. The van der Waals surface area contributed by atoms with Gasteiger partial charge in [0.15, 0.2) is 11.6 Å². The van der Waals surface area contributed by atoms with E-state index in [9.17, 15) is 14.0 Å². The number of piperidine rings is 1. The van der Waals surface area contributed by atoms with E-state index in [1.54, 1.807) is 19.2 Å². The van der Waals surface area contributed by atoms with Crippen molar-refractivity contribution in [3.05, 3.63) is 94.2 Å². The zero-order chi connectivity index (χ0) is 28.6. The molecule has 0 N–H and O–H groups in total. The van der Waals surface area contributed by atoms with Crippen molar-refractivity contribution in [2.24, 2.45) is 5.92 Å². The molecule has 2 aromatic carbocycles. The normalized spacial score (nSPS) is 21.1. The molecule has 5 rings (SSSR count). The van der Waals surface area contributed by atoms with Crippen LogP contribution in [0.1, 0.15) is 79.7 Å². The van der Waals surface area contributed by atoms with Gasteiger partial charge in [0.25, 0.3) is 0 Å². The van der Waals surface area contributed by atoms with Crippen molar-refractivity contribution < 1.29 is 18.7 Å². The topological polar surface area (TPSA) is 51.5 Å². The van der Waals surface area contributed by atoms with Crippen LogP contribution in [0.3, 0.4) is 0 Å². The summed E-state index contributed by atoms with van der Waals surface area (Å²) in [6, 6.07) is 15.4. The van der Waals surface area contributed by atoms with Crippen molar-refractivity contribution in [2.45, 2.75) is 65.0 Å². The number of carbonyl (C=O) groups excluding carboxylic acids is 2. The predicted molar refractivity (Wildman–Crippen MR) is 157 cm³/mol. The summed E-state index contributed by atoms with van der Waals surface area (Å²) < 4.78 is 21.9. The molecule has 210 valence electrons. The molecule has 3 unspecified atom stereocenters. The lowest BCUT2D eigenvalue weighted by molar-refractivity contribution is -0.115. The fourth-order valence-electron chi connectivity index (χ4n) is 6.80. The molecule has 2 heterocycles. The Morgan fingerprint density at radius 1 is 1.15 bits per heavy atom. The molecule has 0 spiro atoms. The molecule has 0 saturated carbocycles. The van der Waals surface area contributed by atoms with Crippen molar-refractivity contribution >= 4 is 22.5 Å². The number of likely N-dealkylation sites (tertiary alicyclic amines) is 1. The monoisotopic (exact) mass is 542 g/mol. The molecule has 1 fully saturated rings. The van der Waals surface area contributed by atoms with Crippen molar-refractivity contribution in [1.82, 2.24) is 9.47 Å². The van der Waals surface area contributed by atoms with Gasteiger partial charge in [-0.3, -0.25) is 14.5 Å². The van der Waals surface area contributed by atoms with Crippen LogP contribution in [-0.4, -0.2) is 41.7 Å². The number of ketones is 2. The Morgan fingerprint density at radius 3 is 2.67 bits per heavy atom. The number of allylic oxidation sites excluding steroid dienone is 3. The fraction of sp³-hybridized carbons (Fsp3) is 0.412. The van der Waals surface area contributed by atoms with Crippen molar-refractivity contribution in [3.63, 3.8) is 0 Å². The van der Waals surface area contributed by atoms with E-state index in [1.165, 1.54) is 6.07 Å². The van der Waals surface area contributed by atoms with Gasteiger partial charge in [0.05, 0.1) is 7.11 Å². The highest BCUT2D eigenvalue weighted by Crippen LogP contribution is 2.41. The van der Waals surface area contributed by atoms with Gasteiger partial charge in [0.2, 0.25) is 0 Å². The van der Waals surface area contributed by atoms with Gasteiger partial charge in [-0.1, -0.05) is 35.9 Å². The van der Waals surface area contributed by atoms with E-state index in [0.717, 1.165) is 52.7 Å². The van der Waals surface area contributed by atoms with Crippen molar-refractivity contribution in [3.8, 4) is 0 Å². The van der Waals surface area contributed by atoms with E-state index in [2.05, 4.69) is 29.5 Å². The molecule has 0 bridgehead atoms. The van der Waals surface area contributed by atoms with Crippen LogP contribution < -0.4 is 0 Å². The predicted octanol–water partition coefficient (Wildman–Crippen LogP) is 7.52. The summed E-state index contributed by atoms with van der Waals surface area (Å²) in [4.78, 5) is 28.8. The molecule has 1 aromatic heterocycles. The summed E-state index contributed by atoms with van der Waals surface area (Å²) in [5, 5.41) is 0.957. The highest BCUT2D eigenvalue weighted by atomic mass is 19.1. The lowest BCUT2D eigenvalue weighted by Gasteiger charge is -2.40. The second-order valence-corrected chi connectivity index (χ2v) is 11.5. The third-order valence-corrected chi connectivity index (χ3v) is 8.94. The summed E-state index contributed by atoms with van der Waals surface area (Å²) in [5.41, 5.74) is 5.35. The van der Waals surface area contributed by atoms with Crippen molar-refractivity contribution in [2.75, 3.05) is 20.7 Å². The maximum atomic E-state index is 14.1. The first kappa shape index (κ1) is 28.0. The maximum absolute atomic E-state index is 14.1. The number of benzene rings is 2. The van der Waals surface area contributed by atoms with Gasteiger partial charge in [0.1, 0.15) is 11.6 Å². The summed E-state index contributed by atoms with van der Waals surface area (Å²) in [7, 11) is 3.68. The smallest absolute Gasteiger partial charge is 0.166 e. The van der Waals surface area contributed by atoms with Gasteiger partial charge in [0, 0.05) is 52.7 Å². The third kappa shape index (κ3) is 5.29. The van der Waals surface area contributed by atoms with Crippen LogP contribution >= 0.6 is 0 Å². The Hall–Kier alpha value is -3.51. The standard InChI is InChI=1S/C34H39FN2O3/c1-21-17-32(39)28(33(18-21)40-5)13-14-31(38)34-23(3)37(29-12-7-6-11-27(29)34)22(2)24-15-16-36(4)30(20-24)25-9-8-10-26(35)19-25/h6-12,18-19,22,24,30H,13-17,20H2,1-5H3. The van der Waals surface area contributed by atoms with Crippen LogP contribution in [0.2, 0.25) is 0 Å². The Bertz CT molecular complexity index is 1510. The number of fused-ring (bicyclic) bond motifs is 1. The van der Waals surface area contributed by atoms with Crippen LogP contribution in [0.15, 0.2) is 71.5 Å². The number of hydrogen-bond donors (Lipinski definition) is 0. The molecule has 5 nitrogen and oxygen atoms in total. The number of aromatic nitrogens is 1. The minimum atomic E-state index is -0.203. The van der Waals surface area contributed by atoms with Gasteiger partial charge >= 0.3 is 0 Å². The molecule has 3 atom stereocenters. The number of Topliss-reactive ketones (excluding diaryl/α,β-unsaturated/α-hetero) is 2. The molecular weight excluding hydrogens is 503 g/mol. The molecule has 40 heavy (non-hydrogen) atoms. The first-order chi connectivity index (χ1) is 19.2. The second-order valence-electron chi connectivity index (χ2n) is 11.5. The van der Waals surface area contributed by atoms with E-state index >= 15 is 0 Å². The third-order valence-electron chi connectivity index (χ3n) is 8.94. The minimum Gasteiger partial charge on any atom is -0.496 e. The number of rotatable bonds is 8. The summed E-state index contributed by atoms with van der Waals surface area (Å²) >= 11 is 0. The molecule has 1 saturated heterocycles. The molecule has 0 radical (unpaired) electrons. The number of ether oxygens (including phenoxy) is 1. The van der Waals surface area contributed by atoms with E-state index in [-0.39, 0.29) is 35.9 Å². The Morgan fingerprint density at radius 2 is 1.93 bits per heavy atom. The highest BCUT2D eigenvalue weighted by Gasteiger charge is 2.33. The number of methoxy groups -OCH3 is 1. The van der Waals surface area contributed by atoms with Crippen LogP contribution in [0.4, 0.5) is 4.39 Å². The number of halogens is 1. The maximum Gasteiger partial charge on any atom is 0.166 e. The van der Waals surface area contributed by atoms with E-state index in [1.807, 2.05) is 44.2 Å². The highest BCUT2D eigenvalue weighted by molar-refractivity contribution is 6.10. The van der Waals surface area contributed by atoms with Crippen LogP contribution in [0, 0.1) is 18.7 Å². The van der Waals surface area contributed by atoms with Crippen molar-refractivity contribution in [1.29, 1.82) is 0 Å². The minimum absolute atomic E-state index is 0.0348. The van der Waals surface area contributed by atoms with Gasteiger partial charge in [-0.15, -0.1) is 0 Å². The average Bonchev–Trinajstić information content (AvgIpc) is 3.23. The molecule has 0 amide bonds. The van der Waals surface area contributed by atoms with Gasteiger partial charge < -0.3 is 9.30 Å². The molecule has 6 heteroatoms. The van der Waals surface area contributed by atoms with Crippen LogP contribution in [-0.2, 0) is 9.53 Å². The van der Waals surface area contributed by atoms with Crippen LogP contribution in [0.25, 0.3) is 10.9 Å². The molecule has 1 aliphatic carbocycles. The van der Waals surface area contributed by atoms with E-state index < -0.39 is 0 Å². The SMILES string of the molecule is COC1=C(CCC(=O)c2c(C)n(C(C)C3CCN(C)C(c4cccc(F)c4)C3)c3ccccc23)C(=O)CC(C)=C1. The second kappa shape index (κ2) is 11.5. The zero-order valence-corrected chi connectivity index (χ0v) is 24.2. The number of para-hydroxylation sites is 1. The average molecular weight is 543 g/mol. The van der Waals surface area contributed by atoms with E-state index in [4.69, 9.17) is 4.74 Å². The van der Waals surface area contributed by atoms with Gasteiger partial charge in [-0.25, -0.2) is 4.39 Å². The largest absolute Gasteiger partial charge is 0.496 e. The summed E-state index contributed by atoms with van der Waals surface area (Å²) in [5.74, 6) is 0.817. The van der Waals surface area contributed by atoms with E-state index in [0.29, 0.717) is 30.1 Å². The number of carbonyl (C=O) groups is 2. The number of hydrogen-bond acceptors (Lipinski definition) is 4. The zero-order valence-electron chi connectivity index (χ0n) is 24.2. The quantitative estimate of drug-likeness (QED) is 0.276. The molecule has 1 aliphatic heterocycles. The lowest BCUT2D eigenvalue weighted by atomic mass is 9.83. The first-order valence-electron chi connectivity index (χ1n) is 14.3. The summed E-state index contributed by atoms with van der Waals surface area (Å²) in [6.45, 7) is 7.14. The Labute approximate surface area is 236 Å². The molecular formula is C34H39FN2O3. The van der Waals surface area contributed by atoms with Gasteiger partial charge in [-0.05, 0) is 89.4 Å². The molecule has 3 aromatic rings. The first-order valence-corrected chi connectivity index (χ1v) is 14.3. The van der Waals surface area contributed by atoms with Gasteiger partial charge in [-0.2, -0.15) is 0 Å². The Balaban J connectivity index is 1.43.